The van der Waals surface area contributed by atoms with Crippen molar-refractivity contribution in [3.05, 3.63) is 57.5 Å². The molecule has 2 heterocycles. The van der Waals surface area contributed by atoms with Crippen LogP contribution in [-0.2, 0) is 0 Å². The van der Waals surface area contributed by atoms with E-state index in [-0.39, 0.29) is 0 Å². The molecule has 0 saturated heterocycles. The van der Waals surface area contributed by atoms with Gasteiger partial charge in [0.2, 0.25) is 0 Å². The Hall–Kier alpha value is -1.49. The molecule has 0 unspecified atom stereocenters. The first-order chi connectivity index (χ1) is 9.24. The fraction of sp³-hybridized carbons (Fsp3) is 0. The van der Waals surface area contributed by atoms with E-state index in [4.69, 9.17) is 23.8 Å². The SMILES string of the molecule is S=c1cc(-c2sccc2Cl)[nH]c(-c2ccccc2)n1. The number of aromatic amines is 1. The second-order valence-electron chi connectivity index (χ2n) is 3.95. The van der Waals surface area contributed by atoms with Gasteiger partial charge < -0.3 is 4.98 Å². The van der Waals surface area contributed by atoms with E-state index in [0.29, 0.717) is 4.64 Å². The van der Waals surface area contributed by atoms with Crippen molar-refractivity contribution in [1.82, 2.24) is 9.97 Å². The molecule has 0 spiro atoms. The van der Waals surface area contributed by atoms with Gasteiger partial charge in [0, 0.05) is 5.56 Å². The molecular formula is C14H9ClN2S2. The number of nitrogens with one attached hydrogen (secondary N) is 1. The van der Waals surface area contributed by atoms with Crippen LogP contribution in [0.25, 0.3) is 22.0 Å². The van der Waals surface area contributed by atoms with E-state index in [1.54, 1.807) is 11.3 Å². The number of rotatable bonds is 2. The van der Waals surface area contributed by atoms with Crippen LogP contribution in [-0.4, -0.2) is 9.97 Å². The van der Waals surface area contributed by atoms with E-state index in [0.717, 1.165) is 27.0 Å². The normalized spacial score (nSPS) is 10.6. The zero-order valence-corrected chi connectivity index (χ0v) is 12.1. The predicted octanol–water partition coefficient (Wildman–Crippen LogP) is 5.19. The van der Waals surface area contributed by atoms with Crippen LogP contribution in [0, 0.1) is 4.64 Å². The van der Waals surface area contributed by atoms with Gasteiger partial charge in [-0.05, 0) is 17.5 Å². The van der Waals surface area contributed by atoms with E-state index in [2.05, 4.69) is 9.97 Å². The summed E-state index contributed by atoms with van der Waals surface area (Å²) in [6, 6.07) is 13.6. The Morgan fingerprint density at radius 3 is 2.63 bits per heavy atom. The van der Waals surface area contributed by atoms with Gasteiger partial charge in [0.1, 0.15) is 10.5 Å². The number of aromatic nitrogens is 2. The van der Waals surface area contributed by atoms with Crippen LogP contribution in [0.1, 0.15) is 0 Å². The molecule has 3 rings (SSSR count). The second-order valence-corrected chi connectivity index (χ2v) is 5.69. The maximum absolute atomic E-state index is 6.16. The lowest BCUT2D eigenvalue weighted by molar-refractivity contribution is 1.17. The molecule has 1 aromatic carbocycles. The maximum atomic E-state index is 6.16. The summed E-state index contributed by atoms with van der Waals surface area (Å²) in [5.41, 5.74) is 1.90. The Kier molecular flexibility index (Phi) is 3.46. The zero-order chi connectivity index (χ0) is 13.2. The highest BCUT2D eigenvalue weighted by atomic mass is 35.5. The molecule has 0 aliphatic carbocycles. The second kappa shape index (κ2) is 5.25. The Morgan fingerprint density at radius 2 is 1.95 bits per heavy atom. The molecule has 94 valence electrons. The standard InChI is InChI=1S/C14H9ClN2S2/c15-10-6-7-19-13(10)11-8-12(18)17-14(16-11)9-4-2-1-3-5-9/h1-8H,(H,16,17,18). The van der Waals surface area contributed by atoms with Crippen molar-refractivity contribution < 1.29 is 0 Å². The highest BCUT2D eigenvalue weighted by Crippen LogP contribution is 2.32. The molecule has 0 fully saturated rings. The molecule has 0 radical (unpaired) electrons. The monoisotopic (exact) mass is 304 g/mol. The van der Waals surface area contributed by atoms with Crippen LogP contribution < -0.4 is 0 Å². The number of H-pyrrole nitrogens is 1. The average molecular weight is 305 g/mol. The molecule has 2 aromatic heterocycles. The fourth-order valence-electron chi connectivity index (χ4n) is 1.80. The van der Waals surface area contributed by atoms with Gasteiger partial charge in [-0.1, -0.05) is 54.2 Å². The summed E-state index contributed by atoms with van der Waals surface area (Å²) < 4.78 is 0.553. The van der Waals surface area contributed by atoms with Crippen molar-refractivity contribution in [2.75, 3.05) is 0 Å². The molecule has 0 aliphatic heterocycles. The number of thiophene rings is 1. The lowest BCUT2D eigenvalue weighted by Crippen LogP contribution is -1.91. The minimum atomic E-state index is 0.553. The van der Waals surface area contributed by atoms with Crippen LogP contribution in [0.4, 0.5) is 0 Å². The third-order valence-electron chi connectivity index (χ3n) is 2.65. The van der Waals surface area contributed by atoms with Crippen LogP contribution >= 0.6 is 35.2 Å². The van der Waals surface area contributed by atoms with Gasteiger partial charge in [0.15, 0.2) is 0 Å². The highest BCUT2D eigenvalue weighted by Gasteiger charge is 2.08. The molecule has 0 aliphatic rings. The lowest BCUT2D eigenvalue weighted by atomic mass is 10.2. The molecule has 5 heteroatoms. The molecule has 3 aromatic rings. The third kappa shape index (κ3) is 2.61. The van der Waals surface area contributed by atoms with Crippen molar-refractivity contribution in [3.8, 4) is 22.0 Å². The van der Waals surface area contributed by atoms with Crippen LogP contribution in [0.3, 0.4) is 0 Å². The van der Waals surface area contributed by atoms with Crippen LogP contribution in [0.2, 0.25) is 5.02 Å². The largest absolute Gasteiger partial charge is 0.338 e. The van der Waals surface area contributed by atoms with Crippen LogP contribution in [0.5, 0.6) is 0 Å². The number of hydrogen-bond acceptors (Lipinski definition) is 3. The van der Waals surface area contributed by atoms with Gasteiger partial charge in [-0.3, -0.25) is 0 Å². The van der Waals surface area contributed by atoms with Crippen molar-refractivity contribution in [1.29, 1.82) is 0 Å². The molecule has 0 atom stereocenters. The minimum Gasteiger partial charge on any atom is -0.338 e. The zero-order valence-electron chi connectivity index (χ0n) is 9.76. The maximum Gasteiger partial charge on any atom is 0.139 e. The van der Waals surface area contributed by atoms with E-state index in [9.17, 15) is 0 Å². The van der Waals surface area contributed by atoms with Crippen molar-refractivity contribution in [2.24, 2.45) is 0 Å². The van der Waals surface area contributed by atoms with Gasteiger partial charge in [-0.15, -0.1) is 11.3 Å². The fourth-order valence-corrected chi connectivity index (χ4v) is 3.14. The minimum absolute atomic E-state index is 0.553. The first-order valence-electron chi connectivity index (χ1n) is 5.64. The van der Waals surface area contributed by atoms with E-state index < -0.39 is 0 Å². The van der Waals surface area contributed by atoms with Crippen molar-refractivity contribution in [3.63, 3.8) is 0 Å². The first-order valence-corrected chi connectivity index (χ1v) is 7.31. The van der Waals surface area contributed by atoms with Gasteiger partial charge >= 0.3 is 0 Å². The summed E-state index contributed by atoms with van der Waals surface area (Å²) in [6.07, 6.45) is 0. The Bertz CT molecular complexity index is 762. The topological polar surface area (TPSA) is 28.7 Å². The van der Waals surface area contributed by atoms with E-state index in [1.165, 1.54) is 0 Å². The van der Waals surface area contributed by atoms with Gasteiger partial charge in [0.05, 0.1) is 15.6 Å². The molecule has 19 heavy (non-hydrogen) atoms. The lowest BCUT2D eigenvalue weighted by Gasteiger charge is -2.05. The number of halogens is 1. The summed E-state index contributed by atoms with van der Waals surface area (Å²) in [4.78, 5) is 8.64. The van der Waals surface area contributed by atoms with Gasteiger partial charge in [-0.2, -0.15) is 0 Å². The Balaban J connectivity index is 2.17. The van der Waals surface area contributed by atoms with Gasteiger partial charge in [0.25, 0.3) is 0 Å². The number of nitrogens with zero attached hydrogens (tertiary/aromatic N) is 1. The molecule has 2 nitrogen and oxygen atoms in total. The first kappa shape index (κ1) is 12.5. The molecule has 1 N–H and O–H groups in total. The summed E-state index contributed by atoms with van der Waals surface area (Å²) in [6.45, 7) is 0. The molecular weight excluding hydrogens is 296 g/mol. The van der Waals surface area contributed by atoms with Crippen molar-refractivity contribution >= 4 is 35.2 Å². The molecule has 0 saturated carbocycles. The van der Waals surface area contributed by atoms with Crippen LogP contribution in [0.15, 0.2) is 47.8 Å². The number of benzene rings is 1. The Morgan fingerprint density at radius 1 is 1.16 bits per heavy atom. The number of hydrogen-bond donors (Lipinski definition) is 1. The van der Waals surface area contributed by atoms with Gasteiger partial charge in [-0.25, -0.2) is 4.98 Å². The van der Waals surface area contributed by atoms with E-state index in [1.807, 2.05) is 47.8 Å². The summed E-state index contributed by atoms with van der Waals surface area (Å²) in [5, 5.41) is 2.68. The van der Waals surface area contributed by atoms with E-state index >= 15 is 0 Å². The summed E-state index contributed by atoms with van der Waals surface area (Å²) >= 11 is 13.0. The smallest absolute Gasteiger partial charge is 0.139 e. The average Bonchev–Trinajstić information content (AvgIpc) is 2.85. The molecule has 0 amide bonds. The quantitative estimate of drug-likeness (QED) is 0.660. The highest BCUT2D eigenvalue weighted by molar-refractivity contribution is 7.71. The summed E-state index contributed by atoms with van der Waals surface area (Å²) in [5.74, 6) is 0.757. The predicted molar refractivity (Wildman–Crippen MR) is 83.2 cm³/mol. The third-order valence-corrected chi connectivity index (χ3v) is 4.24. The Labute approximate surface area is 124 Å². The van der Waals surface area contributed by atoms with Crippen molar-refractivity contribution in [2.45, 2.75) is 0 Å². The molecule has 0 bridgehead atoms. The summed E-state index contributed by atoms with van der Waals surface area (Å²) in [7, 11) is 0.